The highest BCUT2D eigenvalue weighted by Gasteiger charge is 2.34. The monoisotopic (exact) mass is 437 g/mol. The van der Waals surface area contributed by atoms with Gasteiger partial charge in [0.15, 0.2) is 5.76 Å². The number of aromatic hydroxyl groups is 1. The van der Waals surface area contributed by atoms with Gasteiger partial charge >= 0.3 is 0 Å². The highest BCUT2D eigenvalue weighted by molar-refractivity contribution is 6.16. The molecule has 1 N–H and O–H groups in total. The fraction of sp³-hybridized carbons (Fsp3) is 0.423. The largest absolute Gasteiger partial charge is 0.507 e. The van der Waals surface area contributed by atoms with E-state index in [9.17, 15) is 9.90 Å². The van der Waals surface area contributed by atoms with E-state index in [1.54, 1.807) is 32.4 Å². The molecule has 2 heterocycles. The summed E-state index contributed by atoms with van der Waals surface area (Å²) in [4.78, 5) is 15.6. The average Bonchev–Trinajstić information content (AvgIpc) is 3.07. The molecule has 2 aromatic rings. The molecule has 0 aliphatic carbocycles. The standard InChI is InChI=1S/C26H31NO5/c1-15-8-16(2)13-27(12-15)14-20-21(28)9-17(3)24-25(29)23(32-26(20)24)10-18-6-7-19(30-4)11-22(18)31-5/h6-7,9-11,15-16,28H,8,12-14H2,1-5H3/b23-10+. The number of Topliss-reactive ketones (excluding diaryl/α,β-unsaturated/α-hetero) is 1. The van der Waals surface area contributed by atoms with Gasteiger partial charge in [-0.3, -0.25) is 9.69 Å². The van der Waals surface area contributed by atoms with Crippen LogP contribution in [-0.2, 0) is 6.54 Å². The van der Waals surface area contributed by atoms with Crippen molar-refractivity contribution in [2.24, 2.45) is 11.8 Å². The number of carbonyl (C=O) groups excluding carboxylic acids is 1. The Balaban J connectivity index is 1.69. The number of piperidine rings is 1. The molecular weight excluding hydrogens is 406 g/mol. The van der Waals surface area contributed by atoms with E-state index in [2.05, 4.69) is 18.7 Å². The number of rotatable bonds is 5. The summed E-state index contributed by atoms with van der Waals surface area (Å²) in [6.07, 6.45) is 2.89. The van der Waals surface area contributed by atoms with Gasteiger partial charge in [0.25, 0.3) is 0 Å². The lowest BCUT2D eigenvalue weighted by atomic mass is 9.91. The molecule has 6 nitrogen and oxygen atoms in total. The predicted octanol–water partition coefficient (Wildman–Crippen LogP) is 4.81. The summed E-state index contributed by atoms with van der Waals surface area (Å²) in [6, 6.07) is 7.07. The SMILES string of the molecule is COc1ccc(/C=C2/Oc3c(CN4CC(C)CC(C)C4)c(O)cc(C)c3C2=O)c(OC)c1. The molecule has 0 aromatic heterocycles. The van der Waals surface area contributed by atoms with E-state index in [4.69, 9.17) is 14.2 Å². The summed E-state index contributed by atoms with van der Waals surface area (Å²) >= 11 is 0. The lowest BCUT2D eigenvalue weighted by Gasteiger charge is -2.35. The number of phenolic OH excluding ortho intramolecular Hbond substituents is 1. The fourth-order valence-corrected chi connectivity index (χ4v) is 4.96. The minimum atomic E-state index is -0.183. The van der Waals surface area contributed by atoms with Crippen LogP contribution in [0, 0.1) is 18.8 Å². The van der Waals surface area contributed by atoms with Gasteiger partial charge < -0.3 is 19.3 Å². The maximum atomic E-state index is 13.3. The van der Waals surface area contributed by atoms with Gasteiger partial charge in [-0.05, 0) is 55.0 Å². The molecule has 2 aliphatic heterocycles. The number of fused-ring (bicyclic) bond motifs is 1. The van der Waals surface area contributed by atoms with E-state index in [1.165, 1.54) is 6.42 Å². The van der Waals surface area contributed by atoms with Crippen molar-refractivity contribution >= 4 is 11.9 Å². The van der Waals surface area contributed by atoms with Crippen LogP contribution in [0.2, 0.25) is 0 Å². The van der Waals surface area contributed by atoms with Crippen LogP contribution in [0.15, 0.2) is 30.0 Å². The van der Waals surface area contributed by atoms with Gasteiger partial charge in [-0.15, -0.1) is 0 Å². The Hall–Kier alpha value is -2.99. The van der Waals surface area contributed by atoms with Crippen LogP contribution in [0.4, 0.5) is 0 Å². The minimum Gasteiger partial charge on any atom is -0.507 e. The molecule has 4 rings (SSSR count). The molecule has 0 saturated carbocycles. The van der Waals surface area contributed by atoms with Crippen LogP contribution in [-0.4, -0.2) is 43.1 Å². The zero-order valence-electron chi connectivity index (χ0n) is 19.4. The van der Waals surface area contributed by atoms with E-state index < -0.39 is 0 Å². The summed E-state index contributed by atoms with van der Waals surface area (Å²) in [6.45, 7) is 8.82. The van der Waals surface area contributed by atoms with E-state index >= 15 is 0 Å². The van der Waals surface area contributed by atoms with Crippen molar-refractivity contribution < 1.29 is 24.1 Å². The summed E-state index contributed by atoms with van der Waals surface area (Å²) in [5.74, 6) is 3.12. The van der Waals surface area contributed by atoms with Gasteiger partial charge in [-0.1, -0.05) is 13.8 Å². The van der Waals surface area contributed by atoms with E-state index in [0.29, 0.717) is 57.9 Å². The molecule has 1 saturated heterocycles. The van der Waals surface area contributed by atoms with Gasteiger partial charge in [0.2, 0.25) is 5.78 Å². The van der Waals surface area contributed by atoms with Gasteiger partial charge in [-0.25, -0.2) is 0 Å². The summed E-state index contributed by atoms with van der Waals surface area (Å²) < 4.78 is 16.8. The first-order valence-corrected chi connectivity index (χ1v) is 11.0. The van der Waals surface area contributed by atoms with Gasteiger partial charge in [0, 0.05) is 31.3 Å². The first-order chi connectivity index (χ1) is 15.3. The second-order valence-electron chi connectivity index (χ2n) is 9.08. The van der Waals surface area contributed by atoms with Gasteiger partial charge in [0.1, 0.15) is 23.0 Å². The van der Waals surface area contributed by atoms with Gasteiger partial charge in [0.05, 0.1) is 25.3 Å². The van der Waals surface area contributed by atoms with Crippen molar-refractivity contribution in [2.75, 3.05) is 27.3 Å². The number of methoxy groups -OCH3 is 2. The minimum absolute atomic E-state index is 0.170. The Morgan fingerprint density at radius 2 is 1.88 bits per heavy atom. The van der Waals surface area contributed by atoms with Crippen LogP contribution in [0.1, 0.15) is 47.3 Å². The zero-order chi connectivity index (χ0) is 23.0. The summed E-state index contributed by atoms with van der Waals surface area (Å²) in [5.41, 5.74) is 2.61. The zero-order valence-corrected chi connectivity index (χ0v) is 19.4. The third-order valence-corrected chi connectivity index (χ3v) is 6.27. The van der Waals surface area contributed by atoms with Crippen LogP contribution < -0.4 is 14.2 Å². The normalized spacial score (nSPS) is 22.0. The molecule has 2 atom stereocenters. The van der Waals surface area contributed by atoms with E-state index in [1.807, 2.05) is 19.1 Å². The van der Waals surface area contributed by atoms with Crippen molar-refractivity contribution in [1.29, 1.82) is 0 Å². The molecule has 32 heavy (non-hydrogen) atoms. The topological polar surface area (TPSA) is 68.2 Å². The molecule has 0 radical (unpaired) electrons. The number of ketones is 1. The van der Waals surface area contributed by atoms with Crippen molar-refractivity contribution in [3.63, 3.8) is 0 Å². The van der Waals surface area contributed by atoms with Crippen LogP contribution in [0.3, 0.4) is 0 Å². The number of ether oxygens (including phenoxy) is 3. The number of carbonyl (C=O) groups is 1. The summed E-state index contributed by atoms with van der Waals surface area (Å²) in [5, 5.41) is 10.7. The number of hydrogen-bond acceptors (Lipinski definition) is 6. The second-order valence-corrected chi connectivity index (χ2v) is 9.08. The molecule has 6 heteroatoms. The maximum absolute atomic E-state index is 13.3. The summed E-state index contributed by atoms with van der Waals surface area (Å²) in [7, 11) is 3.16. The Morgan fingerprint density at radius 1 is 1.16 bits per heavy atom. The van der Waals surface area contributed by atoms with Crippen LogP contribution >= 0.6 is 0 Å². The molecule has 0 amide bonds. The third kappa shape index (κ3) is 4.19. The Labute approximate surface area is 189 Å². The number of aryl methyl sites for hydroxylation is 1. The molecule has 1 fully saturated rings. The number of likely N-dealkylation sites (tertiary alicyclic amines) is 1. The third-order valence-electron chi connectivity index (χ3n) is 6.27. The molecule has 0 bridgehead atoms. The number of benzene rings is 2. The molecule has 0 spiro atoms. The van der Waals surface area contributed by atoms with E-state index in [0.717, 1.165) is 13.1 Å². The fourth-order valence-electron chi connectivity index (χ4n) is 4.96. The lowest BCUT2D eigenvalue weighted by Crippen LogP contribution is -2.38. The van der Waals surface area contributed by atoms with Crippen molar-refractivity contribution in [1.82, 2.24) is 4.90 Å². The second kappa shape index (κ2) is 8.87. The highest BCUT2D eigenvalue weighted by Crippen LogP contribution is 2.43. The molecule has 2 aliphatic rings. The Morgan fingerprint density at radius 3 is 2.53 bits per heavy atom. The quantitative estimate of drug-likeness (QED) is 0.677. The smallest absolute Gasteiger partial charge is 0.232 e. The Kier molecular flexibility index (Phi) is 6.15. The first-order valence-electron chi connectivity index (χ1n) is 11.0. The molecule has 2 unspecified atom stereocenters. The Bertz CT molecular complexity index is 1060. The van der Waals surface area contributed by atoms with Crippen molar-refractivity contribution in [2.45, 2.75) is 33.7 Å². The molecule has 170 valence electrons. The van der Waals surface area contributed by atoms with Crippen LogP contribution in [0.5, 0.6) is 23.0 Å². The number of allylic oxidation sites excluding steroid dienone is 1. The van der Waals surface area contributed by atoms with Crippen molar-refractivity contribution in [3.8, 4) is 23.0 Å². The lowest BCUT2D eigenvalue weighted by molar-refractivity contribution is 0.101. The highest BCUT2D eigenvalue weighted by atomic mass is 16.5. The van der Waals surface area contributed by atoms with Gasteiger partial charge in [-0.2, -0.15) is 0 Å². The maximum Gasteiger partial charge on any atom is 0.232 e. The van der Waals surface area contributed by atoms with E-state index in [-0.39, 0.29) is 17.3 Å². The number of phenols is 1. The average molecular weight is 438 g/mol. The number of nitrogens with zero attached hydrogens (tertiary/aromatic N) is 1. The number of hydrogen-bond donors (Lipinski definition) is 1. The van der Waals surface area contributed by atoms with Crippen LogP contribution in [0.25, 0.3) is 6.08 Å². The first kappa shape index (κ1) is 22.2. The molecule has 2 aromatic carbocycles. The van der Waals surface area contributed by atoms with Crippen molar-refractivity contribution in [3.05, 3.63) is 52.3 Å². The predicted molar refractivity (Wildman–Crippen MR) is 124 cm³/mol. The molecular formula is C26H31NO5.